The number of methoxy groups -OCH3 is 1. The lowest BCUT2D eigenvalue weighted by atomic mass is 10.1. The van der Waals surface area contributed by atoms with Crippen molar-refractivity contribution in [1.82, 2.24) is 5.32 Å². The standard InChI is InChI=1S/C12H17Cl2NO/c1-3-4-15-12(8-16-2)9-5-10(13)7-11(14)6-9/h5-7,12,15H,3-4,8H2,1-2H3. The van der Waals surface area contributed by atoms with Gasteiger partial charge in [0.05, 0.1) is 12.6 Å². The van der Waals surface area contributed by atoms with E-state index in [1.807, 2.05) is 12.1 Å². The normalized spacial score (nSPS) is 12.8. The minimum atomic E-state index is 0.140. The highest BCUT2D eigenvalue weighted by atomic mass is 35.5. The van der Waals surface area contributed by atoms with Gasteiger partial charge in [-0.25, -0.2) is 0 Å². The molecule has 1 atom stereocenters. The average molecular weight is 262 g/mol. The Morgan fingerprint density at radius 1 is 1.25 bits per heavy atom. The van der Waals surface area contributed by atoms with Gasteiger partial charge in [0.25, 0.3) is 0 Å². The Balaban J connectivity index is 2.82. The van der Waals surface area contributed by atoms with Gasteiger partial charge >= 0.3 is 0 Å². The van der Waals surface area contributed by atoms with Crippen LogP contribution in [0.1, 0.15) is 24.9 Å². The number of benzene rings is 1. The number of hydrogen-bond donors (Lipinski definition) is 1. The third kappa shape index (κ3) is 4.30. The highest BCUT2D eigenvalue weighted by molar-refractivity contribution is 6.34. The number of ether oxygens (including phenoxy) is 1. The number of hydrogen-bond acceptors (Lipinski definition) is 2. The Hall–Kier alpha value is -0.280. The van der Waals surface area contributed by atoms with Crippen LogP contribution < -0.4 is 5.32 Å². The largest absolute Gasteiger partial charge is 0.383 e. The number of rotatable bonds is 6. The molecule has 1 rings (SSSR count). The van der Waals surface area contributed by atoms with Crippen LogP contribution in [0.15, 0.2) is 18.2 Å². The fourth-order valence-electron chi connectivity index (χ4n) is 1.53. The van der Waals surface area contributed by atoms with E-state index in [0.29, 0.717) is 16.7 Å². The van der Waals surface area contributed by atoms with Crippen molar-refractivity contribution in [2.45, 2.75) is 19.4 Å². The lowest BCUT2D eigenvalue weighted by Crippen LogP contribution is -2.25. The smallest absolute Gasteiger partial charge is 0.0657 e. The van der Waals surface area contributed by atoms with E-state index in [1.54, 1.807) is 13.2 Å². The average Bonchev–Trinajstić information content (AvgIpc) is 2.22. The maximum atomic E-state index is 5.98. The molecule has 0 aliphatic rings. The van der Waals surface area contributed by atoms with E-state index in [9.17, 15) is 0 Å². The first-order chi connectivity index (χ1) is 7.67. The maximum absolute atomic E-state index is 5.98. The van der Waals surface area contributed by atoms with Crippen LogP contribution in [-0.4, -0.2) is 20.3 Å². The van der Waals surface area contributed by atoms with Gasteiger partial charge < -0.3 is 10.1 Å². The number of halogens is 2. The molecule has 0 aromatic heterocycles. The van der Waals surface area contributed by atoms with Crippen LogP contribution in [0.4, 0.5) is 0 Å². The molecule has 2 nitrogen and oxygen atoms in total. The summed E-state index contributed by atoms with van der Waals surface area (Å²) in [5, 5.41) is 4.71. The second kappa shape index (κ2) is 7.13. The minimum Gasteiger partial charge on any atom is -0.383 e. The summed E-state index contributed by atoms with van der Waals surface area (Å²) in [5.41, 5.74) is 1.06. The Kier molecular flexibility index (Phi) is 6.14. The molecule has 0 fully saturated rings. The minimum absolute atomic E-state index is 0.140. The molecule has 0 radical (unpaired) electrons. The number of nitrogens with one attached hydrogen (secondary N) is 1. The first kappa shape index (κ1) is 13.8. The van der Waals surface area contributed by atoms with Gasteiger partial charge in [-0.1, -0.05) is 30.1 Å². The predicted octanol–water partition coefficient (Wildman–Crippen LogP) is 3.68. The first-order valence-corrected chi connectivity index (χ1v) is 6.11. The molecule has 0 aliphatic carbocycles. The Morgan fingerprint density at radius 3 is 2.38 bits per heavy atom. The molecular weight excluding hydrogens is 245 g/mol. The van der Waals surface area contributed by atoms with Gasteiger partial charge in [-0.3, -0.25) is 0 Å². The monoisotopic (exact) mass is 261 g/mol. The zero-order chi connectivity index (χ0) is 12.0. The zero-order valence-electron chi connectivity index (χ0n) is 9.59. The van der Waals surface area contributed by atoms with Gasteiger partial charge in [0, 0.05) is 17.2 Å². The van der Waals surface area contributed by atoms with Crippen molar-refractivity contribution in [3.05, 3.63) is 33.8 Å². The third-order valence-electron chi connectivity index (χ3n) is 2.26. The topological polar surface area (TPSA) is 21.3 Å². The molecule has 16 heavy (non-hydrogen) atoms. The summed E-state index contributed by atoms with van der Waals surface area (Å²) in [7, 11) is 1.69. The van der Waals surface area contributed by atoms with Gasteiger partial charge in [0.1, 0.15) is 0 Å². The highest BCUT2D eigenvalue weighted by Crippen LogP contribution is 2.23. The Labute approximate surface area is 107 Å². The molecule has 1 aromatic carbocycles. The molecule has 0 bridgehead atoms. The van der Waals surface area contributed by atoms with Crippen LogP contribution in [0, 0.1) is 0 Å². The molecule has 90 valence electrons. The summed E-state index contributed by atoms with van der Waals surface area (Å²) in [5.74, 6) is 0. The molecule has 0 saturated heterocycles. The van der Waals surface area contributed by atoms with E-state index >= 15 is 0 Å². The molecule has 1 unspecified atom stereocenters. The van der Waals surface area contributed by atoms with E-state index in [-0.39, 0.29) is 6.04 Å². The van der Waals surface area contributed by atoms with Crippen molar-refractivity contribution in [2.24, 2.45) is 0 Å². The molecule has 1 aromatic rings. The lowest BCUT2D eigenvalue weighted by Gasteiger charge is -2.18. The maximum Gasteiger partial charge on any atom is 0.0657 e. The Morgan fingerprint density at radius 2 is 1.88 bits per heavy atom. The van der Waals surface area contributed by atoms with Crippen LogP contribution in [0.5, 0.6) is 0 Å². The molecular formula is C12H17Cl2NO. The molecule has 0 heterocycles. The van der Waals surface area contributed by atoms with Crippen LogP contribution in [0.25, 0.3) is 0 Å². The molecule has 0 amide bonds. The van der Waals surface area contributed by atoms with Crippen LogP contribution >= 0.6 is 23.2 Å². The van der Waals surface area contributed by atoms with Gasteiger partial charge in [0.15, 0.2) is 0 Å². The second-order valence-electron chi connectivity index (χ2n) is 3.66. The van der Waals surface area contributed by atoms with Gasteiger partial charge in [0.2, 0.25) is 0 Å². The summed E-state index contributed by atoms with van der Waals surface area (Å²) in [6, 6.07) is 5.71. The van der Waals surface area contributed by atoms with Crippen molar-refractivity contribution >= 4 is 23.2 Å². The van der Waals surface area contributed by atoms with Crippen molar-refractivity contribution in [2.75, 3.05) is 20.3 Å². The SMILES string of the molecule is CCCNC(COC)c1cc(Cl)cc(Cl)c1. The van der Waals surface area contributed by atoms with Crippen molar-refractivity contribution < 1.29 is 4.74 Å². The zero-order valence-corrected chi connectivity index (χ0v) is 11.1. The van der Waals surface area contributed by atoms with Crippen LogP contribution in [-0.2, 0) is 4.74 Å². The molecule has 0 saturated carbocycles. The van der Waals surface area contributed by atoms with Gasteiger partial charge in [-0.05, 0) is 36.7 Å². The van der Waals surface area contributed by atoms with Crippen molar-refractivity contribution in [1.29, 1.82) is 0 Å². The highest BCUT2D eigenvalue weighted by Gasteiger charge is 2.11. The fraction of sp³-hybridized carbons (Fsp3) is 0.500. The quantitative estimate of drug-likeness (QED) is 0.844. The summed E-state index contributed by atoms with van der Waals surface area (Å²) < 4.78 is 5.19. The molecule has 0 spiro atoms. The van der Waals surface area contributed by atoms with E-state index in [4.69, 9.17) is 27.9 Å². The van der Waals surface area contributed by atoms with Crippen LogP contribution in [0.2, 0.25) is 10.0 Å². The fourth-order valence-corrected chi connectivity index (χ4v) is 2.08. The summed E-state index contributed by atoms with van der Waals surface area (Å²) in [6.45, 7) is 3.68. The molecule has 1 N–H and O–H groups in total. The second-order valence-corrected chi connectivity index (χ2v) is 4.54. The van der Waals surface area contributed by atoms with Crippen molar-refractivity contribution in [3.63, 3.8) is 0 Å². The van der Waals surface area contributed by atoms with E-state index < -0.39 is 0 Å². The van der Waals surface area contributed by atoms with E-state index in [0.717, 1.165) is 18.5 Å². The summed E-state index contributed by atoms with van der Waals surface area (Å²) >= 11 is 12.0. The first-order valence-electron chi connectivity index (χ1n) is 5.35. The lowest BCUT2D eigenvalue weighted by molar-refractivity contribution is 0.167. The molecule has 4 heteroatoms. The van der Waals surface area contributed by atoms with Crippen LogP contribution in [0.3, 0.4) is 0 Å². The summed E-state index contributed by atoms with van der Waals surface area (Å²) in [6.07, 6.45) is 1.08. The van der Waals surface area contributed by atoms with Crippen molar-refractivity contribution in [3.8, 4) is 0 Å². The van der Waals surface area contributed by atoms with E-state index in [1.165, 1.54) is 0 Å². The van der Waals surface area contributed by atoms with E-state index in [2.05, 4.69) is 12.2 Å². The van der Waals surface area contributed by atoms with Gasteiger partial charge in [-0.15, -0.1) is 0 Å². The summed E-state index contributed by atoms with van der Waals surface area (Å²) in [4.78, 5) is 0. The Bertz CT molecular complexity index is 311. The predicted molar refractivity (Wildman–Crippen MR) is 69.4 cm³/mol. The van der Waals surface area contributed by atoms with Gasteiger partial charge in [-0.2, -0.15) is 0 Å². The third-order valence-corrected chi connectivity index (χ3v) is 2.70. The molecule has 0 aliphatic heterocycles.